The molecule has 1 aromatic rings. The number of aromatic nitrogens is 2. The molecule has 0 aromatic carbocycles. The molecular weight excluding hydrogens is 274 g/mol. The molecule has 1 fully saturated rings. The number of likely N-dealkylation sites (tertiary alicyclic amines) is 1. The Balaban J connectivity index is 2.21. The van der Waals surface area contributed by atoms with Crippen molar-refractivity contribution in [2.75, 3.05) is 13.1 Å². The average molecular weight is 296 g/mol. The number of halogens is 1. The van der Waals surface area contributed by atoms with E-state index in [0.717, 1.165) is 25.9 Å². The van der Waals surface area contributed by atoms with Gasteiger partial charge in [-0.05, 0) is 18.8 Å². The molecule has 0 spiro atoms. The van der Waals surface area contributed by atoms with Gasteiger partial charge in [-0.3, -0.25) is 4.79 Å². The largest absolute Gasteiger partial charge is 0.337 e. The summed E-state index contributed by atoms with van der Waals surface area (Å²) in [4.78, 5) is 23.0. The minimum atomic E-state index is -0.0579. The van der Waals surface area contributed by atoms with Crippen molar-refractivity contribution < 1.29 is 4.79 Å². The van der Waals surface area contributed by atoms with E-state index in [1.165, 1.54) is 6.42 Å². The van der Waals surface area contributed by atoms with Crippen LogP contribution >= 0.6 is 11.6 Å². The summed E-state index contributed by atoms with van der Waals surface area (Å²) in [6, 6.07) is 0. The minimum Gasteiger partial charge on any atom is -0.337 e. The quantitative estimate of drug-likeness (QED) is 0.857. The molecule has 4 nitrogen and oxygen atoms in total. The fourth-order valence-corrected chi connectivity index (χ4v) is 2.71. The highest BCUT2D eigenvalue weighted by atomic mass is 35.5. The highest BCUT2D eigenvalue weighted by molar-refractivity contribution is 6.33. The molecule has 2 rings (SSSR count). The number of hydrogen-bond donors (Lipinski definition) is 0. The van der Waals surface area contributed by atoms with E-state index in [4.69, 9.17) is 11.6 Å². The van der Waals surface area contributed by atoms with E-state index in [1.54, 1.807) is 6.20 Å². The average Bonchev–Trinajstić information content (AvgIpc) is 2.46. The Labute approximate surface area is 125 Å². The molecule has 1 saturated heterocycles. The molecule has 0 radical (unpaired) electrons. The Morgan fingerprint density at radius 2 is 2.30 bits per heavy atom. The molecule has 0 bridgehead atoms. The number of amides is 1. The fraction of sp³-hybridized carbons (Fsp3) is 0.667. The van der Waals surface area contributed by atoms with Crippen molar-refractivity contribution in [2.45, 2.75) is 46.0 Å². The zero-order chi connectivity index (χ0) is 14.7. The first-order chi connectivity index (χ1) is 9.52. The first kappa shape index (κ1) is 15.2. The molecule has 0 saturated carbocycles. The molecule has 0 N–H and O–H groups in total. The predicted molar refractivity (Wildman–Crippen MR) is 80.0 cm³/mol. The third kappa shape index (κ3) is 3.29. The number of hydrogen-bond acceptors (Lipinski definition) is 3. The van der Waals surface area contributed by atoms with Crippen LogP contribution in [0.5, 0.6) is 0 Å². The van der Waals surface area contributed by atoms with Crippen molar-refractivity contribution >= 4 is 17.5 Å². The van der Waals surface area contributed by atoms with Gasteiger partial charge in [0.05, 0.1) is 11.2 Å². The highest BCUT2D eigenvalue weighted by Crippen LogP contribution is 2.23. The molecule has 1 aromatic heterocycles. The molecule has 2 heterocycles. The maximum Gasteiger partial charge on any atom is 0.274 e. The highest BCUT2D eigenvalue weighted by Gasteiger charge is 2.26. The summed E-state index contributed by atoms with van der Waals surface area (Å²) in [7, 11) is 0. The Hall–Kier alpha value is -1.16. The van der Waals surface area contributed by atoms with E-state index in [1.807, 2.05) is 18.7 Å². The third-order valence-electron chi connectivity index (χ3n) is 3.87. The molecule has 20 heavy (non-hydrogen) atoms. The van der Waals surface area contributed by atoms with E-state index in [0.29, 0.717) is 22.5 Å². The Bertz CT molecular complexity index is 490. The van der Waals surface area contributed by atoms with Gasteiger partial charge >= 0.3 is 0 Å². The van der Waals surface area contributed by atoms with Gasteiger partial charge < -0.3 is 4.90 Å². The van der Waals surface area contributed by atoms with Crippen LogP contribution in [0.4, 0.5) is 0 Å². The first-order valence-electron chi connectivity index (χ1n) is 7.34. The maximum atomic E-state index is 12.6. The van der Waals surface area contributed by atoms with Crippen LogP contribution in [-0.4, -0.2) is 33.9 Å². The lowest BCUT2D eigenvalue weighted by molar-refractivity contribution is 0.0665. The zero-order valence-corrected chi connectivity index (χ0v) is 13.2. The number of rotatable bonds is 3. The second-order valence-corrected chi connectivity index (χ2v) is 6.15. The Morgan fingerprint density at radius 1 is 1.55 bits per heavy atom. The Kier molecular flexibility index (Phi) is 4.97. The molecule has 1 atom stereocenters. The summed E-state index contributed by atoms with van der Waals surface area (Å²) >= 11 is 6.11. The SMILES string of the molecule is CCC1CCCN(C(=O)c2nc(C(C)C)ncc2Cl)C1. The monoisotopic (exact) mass is 295 g/mol. The van der Waals surface area contributed by atoms with Crippen molar-refractivity contribution in [1.82, 2.24) is 14.9 Å². The van der Waals surface area contributed by atoms with Gasteiger partial charge in [0.15, 0.2) is 5.69 Å². The van der Waals surface area contributed by atoms with Gasteiger partial charge in [-0.25, -0.2) is 9.97 Å². The fourth-order valence-electron chi connectivity index (χ4n) is 2.54. The maximum absolute atomic E-state index is 12.6. The number of carbonyl (C=O) groups is 1. The van der Waals surface area contributed by atoms with Crippen molar-refractivity contribution in [2.24, 2.45) is 5.92 Å². The lowest BCUT2D eigenvalue weighted by atomic mass is 9.95. The van der Waals surface area contributed by atoms with Crippen LogP contribution in [0.15, 0.2) is 6.20 Å². The summed E-state index contributed by atoms with van der Waals surface area (Å²) in [6.45, 7) is 7.80. The topological polar surface area (TPSA) is 46.1 Å². The van der Waals surface area contributed by atoms with E-state index in [9.17, 15) is 4.79 Å². The lowest BCUT2D eigenvalue weighted by Crippen LogP contribution is -2.40. The smallest absolute Gasteiger partial charge is 0.274 e. The number of nitrogens with zero attached hydrogens (tertiary/aromatic N) is 3. The van der Waals surface area contributed by atoms with Crippen molar-refractivity contribution in [3.63, 3.8) is 0 Å². The van der Waals surface area contributed by atoms with Crippen LogP contribution in [0.25, 0.3) is 0 Å². The van der Waals surface area contributed by atoms with Crippen LogP contribution in [0, 0.1) is 5.92 Å². The molecule has 110 valence electrons. The Morgan fingerprint density at radius 3 is 2.95 bits per heavy atom. The van der Waals surface area contributed by atoms with E-state index < -0.39 is 0 Å². The summed E-state index contributed by atoms with van der Waals surface area (Å²) < 4.78 is 0. The summed E-state index contributed by atoms with van der Waals surface area (Å²) in [6.07, 6.45) is 4.91. The second kappa shape index (κ2) is 6.53. The molecule has 1 amide bonds. The van der Waals surface area contributed by atoms with Crippen molar-refractivity contribution in [1.29, 1.82) is 0 Å². The van der Waals surface area contributed by atoms with E-state index in [-0.39, 0.29) is 11.8 Å². The van der Waals surface area contributed by atoms with Gasteiger partial charge in [0.1, 0.15) is 5.82 Å². The van der Waals surface area contributed by atoms with E-state index >= 15 is 0 Å². The summed E-state index contributed by atoms with van der Waals surface area (Å²) in [5, 5.41) is 0.345. The molecule has 1 aliphatic heterocycles. The van der Waals surface area contributed by atoms with Gasteiger partial charge in [0, 0.05) is 19.0 Å². The van der Waals surface area contributed by atoms with Crippen LogP contribution in [0.2, 0.25) is 5.02 Å². The molecule has 1 unspecified atom stereocenters. The van der Waals surface area contributed by atoms with Crippen molar-refractivity contribution in [3.05, 3.63) is 22.7 Å². The standard InChI is InChI=1S/C15H22ClN3O/c1-4-11-6-5-7-19(9-11)15(20)13-12(16)8-17-14(18-13)10(2)3/h8,10-11H,4-7,9H2,1-3H3. The van der Waals surface area contributed by atoms with Crippen LogP contribution in [0.3, 0.4) is 0 Å². The van der Waals surface area contributed by atoms with Gasteiger partial charge in [0.25, 0.3) is 5.91 Å². The van der Waals surface area contributed by atoms with Crippen LogP contribution in [0.1, 0.15) is 62.3 Å². The van der Waals surface area contributed by atoms with E-state index in [2.05, 4.69) is 16.9 Å². The van der Waals surface area contributed by atoms with Gasteiger partial charge in [-0.1, -0.05) is 38.8 Å². The summed E-state index contributed by atoms with van der Waals surface area (Å²) in [5.74, 6) is 1.39. The molecule has 1 aliphatic rings. The van der Waals surface area contributed by atoms with Gasteiger partial charge in [-0.15, -0.1) is 0 Å². The minimum absolute atomic E-state index is 0.0579. The van der Waals surface area contributed by atoms with Gasteiger partial charge in [-0.2, -0.15) is 0 Å². The lowest BCUT2D eigenvalue weighted by Gasteiger charge is -2.32. The first-order valence-corrected chi connectivity index (χ1v) is 7.72. The number of piperidine rings is 1. The normalized spacial score (nSPS) is 19.4. The van der Waals surface area contributed by atoms with Crippen molar-refractivity contribution in [3.8, 4) is 0 Å². The molecular formula is C15H22ClN3O. The van der Waals surface area contributed by atoms with Crippen LogP contribution in [-0.2, 0) is 0 Å². The zero-order valence-electron chi connectivity index (χ0n) is 12.4. The third-order valence-corrected chi connectivity index (χ3v) is 4.14. The predicted octanol–water partition coefficient (Wildman–Crippen LogP) is 3.52. The summed E-state index contributed by atoms with van der Waals surface area (Å²) in [5.41, 5.74) is 0.349. The van der Waals surface area contributed by atoms with Gasteiger partial charge in [0.2, 0.25) is 0 Å². The second-order valence-electron chi connectivity index (χ2n) is 5.75. The number of carbonyl (C=O) groups excluding carboxylic acids is 1. The van der Waals surface area contributed by atoms with Crippen LogP contribution < -0.4 is 0 Å². The molecule has 5 heteroatoms. The molecule has 0 aliphatic carbocycles.